The van der Waals surface area contributed by atoms with Gasteiger partial charge in [-0.1, -0.05) is 18.2 Å². The molecule has 0 aliphatic carbocycles. The lowest BCUT2D eigenvalue weighted by atomic mass is 10.1. The van der Waals surface area contributed by atoms with Crippen LogP contribution in [0.4, 0.5) is 0 Å². The van der Waals surface area contributed by atoms with Gasteiger partial charge in [-0.2, -0.15) is 0 Å². The SMILES string of the molecule is C/C=C/c1ccc(OCC(=O)N2CCC(=O)CC2)c(OC)c1. The lowest BCUT2D eigenvalue weighted by Crippen LogP contribution is -2.41. The molecule has 1 amide bonds. The molecule has 1 aliphatic rings. The zero-order valence-electron chi connectivity index (χ0n) is 13.0. The number of hydrogen-bond donors (Lipinski definition) is 0. The van der Waals surface area contributed by atoms with Gasteiger partial charge in [-0.05, 0) is 24.6 Å². The molecule has 0 saturated carbocycles. The molecule has 1 aromatic carbocycles. The summed E-state index contributed by atoms with van der Waals surface area (Å²) in [6, 6.07) is 5.56. The number of benzene rings is 1. The lowest BCUT2D eigenvalue weighted by Gasteiger charge is -2.26. The number of ether oxygens (including phenoxy) is 2. The van der Waals surface area contributed by atoms with Gasteiger partial charge in [0, 0.05) is 25.9 Å². The Bertz CT molecular complexity index is 570. The number of likely N-dealkylation sites (tertiary alicyclic amines) is 1. The van der Waals surface area contributed by atoms with Crippen LogP contribution in [0.2, 0.25) is 0 Å². The van der Waals surface area contributed by atoms with E-state index < -0.39 is 0 Å². The Labute approximate surface area is 130 Å². The van der Waals surface area contributed by atoms with Crippen molar-refractivity contribution in [3.05, 3.63) is 29.8 Å². The average molecular weight is 303 g/mol. The molecule has 118 valence electrons. The number of nitrogens with zero attached hydrogens (tertiary/aromatic N) is 1. The molecule has 5 nitrogen and oxygen atoms in total. The van der Waals surface area contributed by atoms with Crippen molar-refractivity contribution in [2.45, 2.75) is 19.8 Å². The van der Waals surface area contributed by atoms with Crippen molar-refractivity contribution in [1.29, 1.82) is 0 Å². The van der Waals surface area contributed by atoms with E-state index in [1.165, 1.54) is 0 Å². The fourth-order valence-corrected chi connectivity index (χ4v) is 2.34. The molecule has 1 saturated heterocycles. The first-order valence-electron chi connectivity index (χ1n) is 7.37. The monoisotopic (exact) mass is 303 g/mol. The van der Waals surface area contributed by atoms with Gasteiger partial charge < -0.3 is 14.4 Å². The number of methoxy groups -OCH3 is 1. The van der Waals surface area contributed by atoms with Crippen molar-refractivity contribution in [3.63, 3.8) is 0 Å². The molecule has 2 rings (SSSR count). The summed E-state index contributed by atoms with van der Waals surface area (Å²) in [5.41, 5.74) is 1.01. The second-order valence-electron chi connectivity index (χ2n) is 5.12. The summed E-state index contributed by atoms with van der Waals surface area (Å²) < 4.78 is 10.9. The molecule has 0 spiro atoms. The number of ketones is 1. The Morgan fingerprint density at radius 1 is 1.27 bits per heavy atom. The summed E-state index contributed by atoms with van der Waals surface area (Å²) in [6.07, 6.45) is 4.78. The Morgan fingerprint density at radius 3 is 2.64 bits per heavy atom. The van der Waals surface area contributed by atoms with Gasteiger partial charge in [-0.25, -0.2) is 0 Å². The van der Waals surface area contributed by atoms with Crippen molar-refractivity contribution >= 4 is 17.8 Å². The molecule has 0 radical (unpaired) electrons. The molecular weight excluding hydrogens is 282 g/mol. The Balaban J connectivity index is 1.96. The summed E-state index contributed by atoms with van der Waals surface area (Å²) in [5, 5.41) is 0. The highest BCUT2D eigenvalue weighted by molar-refractivity contribution is 5.84. The first-order valence-corrected chi connectivity index (χ1v) is 7.37. The maximum absolute atomic E-state index is 12.1. The standard InChI is InChI=1S/C17H21NO4/c1-3-4-13-5-6-15(16(11-13)21-2)22-12-17(20)18-9-7-14(19)8-10-18/h3-6,11H,7-10,12H2,1-2H3/b4-3+. The van der Waals surface area contributed by atoms with Gasteiger partial charge in [0.25, 0.3) is 5.91 Å². The molecule has 1 heterocycles. The van der Waals surface area contributed by atoms with Gasteiger partial charge in [0.1, 0.15) is 5.78 Å². The van der Waals surface area contributed by atoms with Crippen molar-refractivity contribution in [2.24, 2.45) is 0 Å². The molecule has 0 unspecified atom stereocenters. The van der Waals surface area contributed by atoms with E-state index in [9.17, 15) is 9.59 Å². The van der Waals surface area contributed by atoms with Crippen molar-refractivity contribution in [3.8, 4) is 11.5 Å². The zero-order valence-corrected chi connectivity index (χ0v) is 13.0. The fourth-order valence-electron chi connectivity index (χ4n) is 2.34. The van der Waals surface area contributed by atoms with Crippen LogP contribution in [0, 0.1) is 0 Å². The molecule has 0 aromatic heterocycles. The summed E-state index contributed by atoms with van der Waals surface area (Å²) in [7, 11) is 1.57. The van der Waals surface area contributed by atoms with Crippen LogP contribution in [-0.2, 0) is 9.59 Å². The topological polar surface area (TPSA) is 55.8 Å². The predicted molar refractivity (Wildman–Crippen MR) is 84.0 cm³/mol. The highest BCUT2D eigenvalue weighted by atomic mass is 16.5. The van der Waals surface area contributed by atoms with Gasteiger partial charge in [-0.15, -0.1) is 0 Å². The fraction of sp³-hybridized carbons (Fsp3) is 0.412. The summed E-state index contributed by atoms with van der Waals surface area (Å²) in [6.45, 7) is 2.86. The third-order valence-electron chi connectivity index (χ3n) is 3.57. The van der Waals surface area contributed by atoms with Crippen LogP contribution in [0.15, 0.2) is 24.3 Å². The van der Waals surface area contributed by atoms with E-state index in [1.807, 2.05) is 31.2 Å². The minimum absolute atomic E-state index is 0.0481. The van der Waals surface area contributed by atoms with Gasteiger partial charge in [0.05, 0.1) is 7.11 Å². The molecular formula is C17H21NO4. The maximum Gasteiger partial charge on any atom is 0.260 e. The largest absolute Gasteiger partial charge is 0.493 e. The molecule has 0 N–H and O–H groups in total. The van der Waals surface area contributed by atoms with E-state index in [1.54, 1.807) is 18.1 Å². The van der Waals surface area contributed by atoms with Crippen LogP contribution in [0.1, 0.15) is 25.3 Å². The number of Topliss-reactive ketones (excluding diaryl/α,β-unsaturated/α-hetero) is 1. The van der Waals surface area contributed by atoms with Crippen molar-refractivity contribution in [1.82, 2.24) is 4.90 Å². The molecule has 1 fully saturated rings. The average Bonchev–Trinajstić information content (AvgIpc) is 2.54. The number of piperidine rings is 1. The predicted octanol–water partition coefficient (Wildman–Crippen LogP) is 2.30. The van der Waals surface area contributed by atoms with E-state index in [0.717, 1.165) is 5.56 Å². The summed E-state index contributed by atoms with van der Waals surface area (Å²) in [5.74, 6) is 1.24. The van der Waals surface area contributed by atoms with Gasteiger partial charge in [0.15, 0.2) is 18.1 Å². The Kier molecular flexibility index (Phi) is 5.58. The van der Waals surface area contributed by atoms with Gasteiger partial charge in [0.2, 0.25) is 0 Å². The van der Waals surface area contributed by atoms with E-state index in [4.69, 9.17) is 9.47 Å². The van der Waals surface area contributed by atoms with E-state index >= 15 is 0 Å². The second-order valence-corrected chi connectivity index (χ2v) is 5.12. The smallest absolute Gasteiger partial charge is 0.260 e. The minimum Gasteiger partial charge on any atom is -0.493 e. The molecule has 22 heavy (non-hydrogen) atoms. The first-order chi connectivity index (χ1) is 10.6. The van der Waals surface area contributed by atoms with Crippen molar-refractivity contribution in [2.75, 3.05) is 26.8 Å². The maximum atomic E-state index is 12.1. The van der Waals surface area contributed by atoms with Crippen LogP contribution < -0.4 is 9.47 Å². The number of carbonyl (C=O) groups is 2. The van der Waals surface area contributed by atoms with Crippen LogP contribution in [0.3, 0.4) is 0 Å². The molecule has 1 aliphatic heterocycles. The quantitative estimate of drug-likeness (QED) is 0.837. The molecule has 1 aromatic rings. The zero-order chi connectivity index (χ0) is 15.9. The number of carbonyl (C=O) groups excluding carboxylic acids is 2. The molecule has 0 atom stereocenters. The second kappa shape index (κ2) is 7.64. The highest BCUT2D eigenvalue weighted by Gasteiger charge is 2.21. The Morgan fingerprint density at radius 2 is 2.00 bits per heavy atom. The van der Waals surface area contributed by atoms with Crippen LogP contribution in [0.25, 0.3) is 6.08 Å². The number of rotatable bonds is 5. The number of allylic oxidation sites excluding steroid dienone is 1. The lowest BCUT2D eigenvalue weighted by molar-refractivity contribution is -0.136. The van der Waals surface area contributed by atoms with Gasteiger partial charge in [-0.3, -0.25) is 9.59 Å². The van der Waals surface area contributed by atoms with Crippen molar-refractivity contribution < 1.29 is 19.1 Å². The highest BCUT2D eigenvalue weighted by Crippen LogP contribution is 2.28. The summed E-state index contributed by atoms with van der Waals surface area (Å²) >= 11 is 0. The normalized spacial score (nSPS) is 15.2. The third kappa shape index (κ3) is 4.10. The van der Waals surface area contributed by atoms with Gasteiger partial charge >= 0.3 is 0 Å². The van der Waals surface area contributed by atoms with E-state index in [-0.39, 0.29) is 18.3 Å². The van der Waals surface area contributed by atoms with Crippen LogP contribution >= 0.6 is 0 Å². The van der Waals surface area contributed by atoms with E-state index in [2.05, 4.69) is 0 Å². The molecule has 5 heteroatoms. The minimum atomic E-state index is -0.105. The number of amides is 1. The van der Waals surface area contributed by atoms with Crippen LogP contribution in [0.5, 0.6) is 11.5 Å². The third-order valence-corrected chi connectivity index (χ3v) is 3.57. The number of hydrogen-bond acceptors (Lipinski definition) is 4. The van der Waals surface area contributed by atoms with Crippen LogP contribution in [-0.4, -0.2) is 43.4 Å². The molecule has 0 bridgehead atoms. The Hall–Kier alpha value is -2.30. The first kappa shape index (κ1) is 16.1. The van der Waals surface area contributed by atoms with E-state index in [0.29, 0.717) is 37.4 Å². The summed E-state index contributed by atoms with van der Waals surface area (Å²) in [4.78, 5) is 24.9.